The predicted octanol–water partition coefficient (Wildman–Crippen LogP) is 2.30. The molecule has 4 heterocycles. The second-order valence-corrected chi connectivity index (χ2v) is 6.99. The number of pyridine rings is 1. The molecule has 8 nitrogen and oxygen atoms in total. The van der Waals surface area contributed by atoms with Crippen LogP contribution < -0.4 is 0 Å². The molecule has 0 aromatic carbocycles. The molecule has 4 rings (SSSR count). The number of piperidine rings is 1. The van der Waals surface area contributed by atoms with Gasteiger partial charge in [-0.15, -0.1) is 0 Å². The number of hydrogen-bond acceptors (Lipinski definition) is 6. The summed E-state index contributed by atoms with van der Waals surface area (Å²) in [5.41, 5.74) is 3.04. The first-order valence-corrected chi connectivity index (χ1v) is 8.84. The molecule has 1 saturated heterocycles. The fraction of sp³-hybridized carbons (Fsp3) is 0.500. The minimum atomic E-state index is 0.0116. The van der Waals surface area contributed by atoms with Crippen LogP contribution in [0.1, 0.15) is 52.2 Å². The molecule has 0 spiro atoms. The van der Waals surface area contributed by atoms with Gasteiger partial charge in [-0.3, -0.25) is 9.48 Å². The summed E-state index contributed by atoms with van der Waals surface area (Å²) in [6.07, 6.45) is 1.86. The number of aryl methyl sites for hydroxylation is 4. The van der Waals surface area contributed by atoms with E-state index in [1.54, 1.807) is 11.6 Å². The van der Waals surface area contributed by atoms with E-state index < -0.39 is 0 Å². The molecule has 0 saturated carbocycles. The summed E-state index contributed by atoms with van der Waals surface area (Å²) in [5, 5.41) is 9.15. The summed E-state index contributed by atoms with van der Waals surface area (Å²) in [5.74, 6) is 1.34. The van der Waals surface area contributed by atoms with Crippen LogP contribution in [-0.2, 0) is 7.05 Å². The summed E-state index contributed by atoms with van der Waals surface area (Å²) < 4.78 is 7.06. The molecule has 8 heteroatoms. The van der Waals surface area contributed by atoms with Gasteiger partial charge < -0.3 is 9.42 Å². The maximum Gasteiger partial charge on any atom is 0.254 e. The third-order valence-corrected chi connectivity index (χ3v) is 4.93. The maximum atomic E-state index is 13.3. The van der Waals surface area contributed by atoms with Crippen LogP contribution in [0.5, 0.6) is 0 Å². The van der Waals surface area contributed by atoms with Gasteiger partial charge >= 0.3 is 0 Å². The van der Waals surface area contributed by atoms with Crippen molar-refractivity contribution >= 4 is 16.9 Å². The van der Waals surface area contributed by atoms with E-state index in [4.69, 9.17) is 4.52 Å². The van der Waals surface area contributed by atoms with Gasteiger partial charge in [-0.2, -0.15) is 10.1 Å². The first kappa shape index (κ1) is 16.7. The molecule has 1 atom stereocenters. The highest BCUT2D eigenvalue weighted by Gasteiger charge is 2.30. The van der Waals surface area contributed by atoms with Gasteiger partial charge in [0, 0.05) is 25.8 Å². The van der Waals surface area contributed by atoms with E-state index in [-0.39, 0.29) is 11.8 Å². The van der Waals surface area contributed by atoms with Gasteiger partial charge in [0.1, 0.15) is 0 Å². The van der Waals surface area contributed by atoms with Crippen LogP contribution in [-0.4, -0.2) is 48.8 Å². The molecule has 136 valence electrons. The fourth-order valence-corrected chi connectivity index (χ4v) is 3.75. The number of aromatic nitrogens is 5. The number of fused-ring (bicyclic) bond motifs is 1. The van der Waals surface area contributed by atoms with E-state index in [1.165, 1.54) is 0 Å². The molecule has 0 N–H and O–H groups in total. The molecule has 1 aliphatic rings. The van der Waals surface area contributed by atoms with E-state index in [1.807, 2.05) is 31.9 Å². The molecule has 0 aliphatic carbocycles. The summed E-state index contributed by atoms with van der Waals surface area (Å²) in [4.78, 5) is 24.1. The van der Waals surface area contributed by atoms with Crippen LogP contribution in [0.4, 0.5) is 0 Å². The number of likely N-dealkylation sites (tertiary alicyclic amines) is 1. The van der Waals surface area contributed by atoms with Crippen molar-refractivity contribution in [3.8, 4) is 0 Å². The lowest BCUT2D eigenvalue weighted by Crippen LogP contribution is -2.39. The molecule has 3 aromatic rings. The van der Waals surface area contributed by atoms with Crippen molar-refractivity contribution in [2.75, 3.05) is 13.1 Å². The van der Waals surface area contributed by atoms with Crippen molar-refractivity contribution in [1.82, 2.24) is 29.8 Å². The van der Waals surface area contributed by atoms with Gasteiger partial charge in [-0.1, -0.05) is 5.16 Å². The van der Waals surface area contributed by atoms with Crippen LogP contribution in [0.3, 0.4) is 0 Å². The Morgan fingerprint density at radius 1 is 1.27 bits per heavy atom. The number of hydrogen-bond donors (Lipinski definition) is 0. The number of carbonyl (C=O) groups excluding carboxylic acids is 1. The average molecular weight is 354 g/mol. The summed E-state index contributed by atoms with van der Waals surface area (Å²) in [6.45, 7) is 6.93. The lowest BCUT2D eigenvalue weighted by atomic mass is 9.97. The third-order valence-electron chi connectivity index (χ3n) is 4.93. The predicted molar refractivity (Wildman–Crippen MR) is 94.9 cm³/mol. The quantitative estimate of drug-likeness (QED) is 0.701. The zero-order chi connectivity index (χ0) is 18.4. The van der Waals surface area contributed by atoms with Crippen LogP contribution in [0, 0.1) is 20.8 Å². The molecule has 1 aliphatic heterocycles. The van der Waals surface area contributed by atoms with Gasteiger partial charge in [-0.05, 0) is 39.7 Å². The first-order chi connectivity index (χ1) is 12.4. The number of amides is 1. The van der Waals surface area contributed by atoms with Gasteiger partial charge in [0.05, 0.1) is 22.6 Å². The lowest BCUT2D eigenvalue weighted by molar-refractivity contribution is 0.0697. The van der Waals surface area contributed by atoms with Gasteiger partial charge in [0.2, 0.25) is 5.89 Å². The minimum Gasteiger partial charge on any atom is -0.339 e. The number of rotatable bonds is 2. The fourth-order valence-electron chi connectivity index (χ4n) is 3.75. The monoisotopic (exact) mass is 354 g/mol. The van der Waals surface area contributed by atoms with Crippen LogP contribution in [0.15, 0.2) is 10.6 Å². The second-order valence-electron chi connectivity index (χ2n) is 6.99. The van der Waals surface area contributed by atoms with E-state index >= 15 is 0 Å². The Balaban J connectivity index is 1.68. The van der Waals surface area contributed by atoms with Crippen molar-refractivity contribution in [2.45, 2.75) is 39.5 Å². The highest BCUT2D eigenvalue weighted by molar-refractivity contribution is 6.06. The smallest absolute Gasteiger partial charge is 0.254 e. The van der Waals surface area contributed by atoms with Crippen LogP contribution >= 0.6 is 0 Å². The molecule has 26 heavy (non-hydrogen) atoms. The van der Waals surface area contributed by atoms with E-state index in [2.05, 4.69) is 20.2 Å². The summed E-state index contributed by atoms with van der Waals surface area (Å²) in [7, 11) is 1.85. The Morgan fingerprint density at radius 2 is 2.08 bits per heavy atom. The molecule has 0 radical (unpaired) electrons. The lowest BCUT2D eigenvalue weighted by Gasteiger charge is -2.31. The molecule has 0 bridgehead atoms. The Kier molecular flexibility index (Phi) is 3.97. The third kappa shape index (κ3) is 2.75. The Morgan fingerprint density at radius 3 is 2.81 bits per heavy atom. The van der Waals surface area contributed by atoms with E-state index in [0.29, 0.717) is 23.8 Å². The van der Waals surface area contributed by atoms with Crippen LogP contribution in [0.2, 0.25) is 0 Å². The van der Waals surface area contributed by atoms with Gasteiger partial charge in [0.15, 0.2) is 11.5 Å². The largest absolute Gasteiger partial charge is 0.339 e. The standard InChI is InChI=1S/C18H22N6O2/c1-10-8-14(15-11(2)21-23(4)16(15)19-10)18(25)24-7-5-6-13(9-24)17-20-12(3)22-26-17/h8,13H,5-7,9H2,1-4H3/t13-/m1/s1. The summed E-state index contributed by atoms with van der Waals surface area (Å²) in [6, 6.07) is 1.86. The van der Waals surface area contributed by atoms with Gasteiger partial charge in [0.25, 0.3) is 5.91 Å². The van der Waals surface area contributed by atoms with Crippen molar-refractivity contribution in [3.05, 3.63) is 34.7 Å². The normalized spacial score (nSPS) is 17.8. The van der Waals surface area contributed by atoms with Crippen molar-refractivity contribution in [2.24, 2.45) is 7.05 Å². The highest BCUT2D eigenvalue weighted by Crippen LogP contribution is 2.29. The molecule has 1 amide bonds. The van der Waals surface area contributed by atoms with Crippen LogP contribution in [0.25, 0.3) is 11.0 Å². The van der Waals surface area contributed by atoms with Crippen molar-refractivity contribution in [1.29, 1.82) is 0 Å². The SMILES string of the molecule is Cc1cc(C(=O)N2CCC[C@@H](c3nc(C)no3)C2)c2c(C)nn(C)c2n1. The Hall–Kier alpha value is -2.77. The topological polar surface area (TPSA) is 89.9 Å². The second kappa shape index (κ2) is 6.19. The number of nitrogens with zero attached hydrogens (tertiary/aromatic N) is 6. The van der Waals surface area contributed by atoms with E-state index in [0.717, 1.165) is 41.8 Å². The summed E-state index contributed by atoms with van der Waals surface area (Å²) >= 11 is 0. The zero-order valence-electron chi connectivity index (χ0n) is 15.5. The zero-order valence-corrected chi connectivity index (χ0v) is 15.5. The molecule has 1 fully saturated rings. The van der Waals surface area contributed by atoms with E-state index in [9.17, 15) is 4.79 Å². The van der Waals surface area contributed by atoms with Gasteiger partial charge in [-0.25, -0.2) is 4.98 Å². The van der Waals surface area contributed by atoms with Crippen molar-refractivity contribution in [3.63, 3.8) is 0 Å². The highest BCUT2D eigenvalue weighted by atomic mass is 16.5. The molecule has 3 aromatic heterocycles. The maximum absolute atomic E-state index is 13.3. The Labute approximate surface area is 151 Å². The first-order valence-electron chi connectivity index (χ1n) is 8.84. The van der Waals surface area contributed by atoms with Crippen molar-refractivity contribution < 1.29 is 9.32 Å². The number of carbonyl (C=O) groups is 1. The average Bonchev–Trinajstić information content (AvgIpc) is 3.17. The molecular formula is C18H22N6O2. The molecule has 0 unspecified atom stereocenters. The molecular weight excluding hydrogens is 332 g/mol. The Bertz CT molecular complexity index is 989. The minimum absolute atomic E-state index is 0.0116.